The summed E-state index contributed by atoms with van der Waals surface area (Å²) in [4.78, 5) is 11.7. The van der Waals surface area contributed by atoms with Crippen LogP contribution in [0.1, 0.15) is 31.4 Å². The molecule has 1 atom stereocenters. The van der Waals surface area contributed by atoms with Gasteiger partial charge in [-0.15, -0.1) is 6.58 Å². The van der Waals surface area contributed by atoms with Gasteiger partial charge in [0.1, 0.15) is 11.9 Å². The molecule has 0 aliphatic carbocycles. The molecule has 0 aliphatic rings. The molecule has 0 saturated carbocycles. The highest BCUT2D eigenvalue weighted by atomic mass is 16.6. The molecular weight excluding hydrogens is 254 g/mol. The standard InChI is InChI=1S/C16H23NO3/c1-6-8-13(5)20-16(18)17-14-9-11(3)15(19-7-2)12(4)10-14/h6,9-10,13H,1,7-8H2,2-5H3,(H,17,18). The van der Waals surface area contributed by atoms with Crippen molar-refractivity contribution in [3.8, 4) is 5.75 Å². The maximum atomic E-state index is 11.7. The molecule has 0 aromatic heterocycles. The first-order valence-electron chi connectivity index (χ1n) is 6.80. The van der Waals surface area contributed by atoms with Gasteiger partial charge in [-0.2, -0.15) is 0 Å². The molecule has 1 aromatic carbocycles. The molecule has 4 nitrogen and oxygen atoms in total. The van der Waals surface area contributed by atoms with Crippen LogP contribution in [0.4, 0.5) is 10.5 Å². The van der Waals surface area contributed by atoms with Crippen LogP contribution in [0.25, 0.3) is 0 Å². The van der Waals surface area contributed by atoms with Crippen molar-refractivity contribution in [3.05, 3.63) is 35.9 Å². The predicted molar refractivity (Wildman–Crippen MR) is 81.5 cm³/mol. The molecule has 4 heteroatoms. The number of anilines is 1. The summed E-state index contributed by atoms with van der Waals surface area (Å²) in [5.41, 5.74) is 2.68. The second-order valence-electron chi connectivity index (χ2n) is 4.74. The number of carbonyl (C=O) groups is 1. The maximum Gasteiger partial charge on any atom is 0.411 e. The largest absolute Gasteiger partial charge is 0.493 e. The molecule has 1 unspecified atom stereocenters. The van der Waals surface area contributed by atoms with Gasteiger partial charge in [0, 0.05) is 12.1 Å². The summed E-state index contributed by atoms with van der Waals surface area (Å²) in [5, 5.41) is 2.73. The lowest BCUT2D eigenvalue weighted by Gasteiger charge is -2.15. The van der Waals surface area contributed by atoms with Crippen molar-refractivity contribution in [1.82, 2.24) is 0 Å². The zero-order valence-corrected chi connectivity index (χ0v) is 12.7. The quantitative estimate of drug-likeness (QED) is 0.792. The Balaban J connectivity index is 2.73. The third kappa shape index (κ3) is 4.61. The molecule has 1 N–H and O–H groups in total. The first-order chi connectivity index (χ1) is 9.47. The average Bonchev–Trinajstić information content (AvgIpc) is 2.33. The van der Waals surface area contributed by atoms with E-state index in [0.717, 1.165) is 16.9 Å². The minimum atomic E-state index is -0.456. The zero-order valence-electron chi connectivity index (χ0n) is 12.7. The summed E-state index contributed by atoms with van der Waals surface area (Å²) >= 11 is 0. The topological polar surface area (TPSA) is 47.6 Å². The fraction of sp³-hybridized carbons (Fsp3) is 0.438. The van der Waals surface area contributed by atoms with E-state index in [1.54, 1.807) is 6.08 Å². The van der Waals surface area contributed by atoms with Gasteiger partial charge in [0.05, 0.1) is 6.61 Å². The number of amides is 1. The lowest BCUT2D eigenvalue weighted by atomic mass is 10.1. The monoisotopic (exact) mass is 277 g/mol. The summed E-state index contributed by atoms with van der Waals surface area (Å²) in [6.07, 6.45) is 1.72. The fourth-order valence-electron chi connectivity index (χ4n) is 2.01. The van der Waals surface area contributed by atoms with E-state index in [1.807, 2.05) is 39.8 Å². The molecule has 0 bridgehead atoms. The Morgan fingerprint density at radius 3 is 2.50 bits per heavy atom. The minimum absolute atomic E-state index is 0.183. The number of ether oxygens (including phenoxy) is 2. The second-order valence-corrected chi connectivity index (χ2v) is 4.74. The molecule has 0 fully saturated rings. The average molecular weight is 277 g/mol. The zero-order chi connectivity index (χ0) is 15.1. The third-order valence-corrected chi connectivity index (χ3v) is 2.80. The van der Waals surface area contributed by atoms with Crippen LogP contribution in [0.3, 0.4) is 0 Å². The van der Waals surface area contributed by atoms with Crippen LogP contribution in [0, 0.1) is 13.8 Å². The molecule has 1 aromatic rings. The molecule has 0 heterocycles. The van der Waals surface area contributed by atoms with Crippen molar-refractivity contribution in [2.45, 2.75) is 40.2 Å². The number of aryl methyl sites for hydroxylation is 2. The van der Waals surface area contributed by atoms with Crippen LogP contribution in [0.15, 0.2) is 24.8 Å². The lowest BCUT2D eigenvalue weighted by molar-refractivity contribution is 0.122. The molecule has 0 aliphatic heterocycles. The van der Waals surface area contributed by atoms with Gasteiger partial charge in [-0.05, 0) is 51.0 Å². The Bertz CT molecular complexity index is 460. The molecular formula is C16H23NO3. The molecule has 1 amide bonds. The second kappa shape index (κ2) is 7.58. The molecule has 0 spiro atoms. The maximum absolute atomic E-state index is 11.7. The van der Waals surface area contributed by atoms with E-state index >= 15 is 0 Å². The molecule has 0 radical (unpaired) electrons. The van der Waals surface area contributed by atoms with Crippen molar-refractivity contribution in [2.75, 3.05) is 11.9 Å². The van der Waals surface area contributed by atoms with Crippen molar-refractivity contribution in [1.29, 1.82) is 0 Å². The number of rotatable bonds is 6. The van der Waals surface area contributed by atoms with Crippen molar-refractivity contribution >= 4 is 11.8 Å². The van der Waals surface area contributed by atoms with Gasteiger partial charge in [-0.25, -0.2) is 4.79 Å². The van der Waals surface area contributed by atoms with Crippen molar-refractivity contribution in [3.63, 3.8) is 0 Å². The first kappa shape index (κ1) is 16.1. The third-order valence-electron chi connectivity index (χ3n) is 2.80. The summed E-state index contributed by atoms with van der Waals surface area (Å²) in [5.74, 6) is 0.867. The summed E-state index contributed by atoms with van der Waals surface area (Å²) in [7, 11) is 0. The fourth-order valence-corrected chi connectivity index (χ4v) is 2.01. The molecule has 0 saturated heterocycles. The van der Waals surface area contributed by atoms with E-state index in [2.05, 4.69) is 11.9 Å². The van der Waals surface area contributed by atoms with Gasteiger partial charge in [0.2, 0.25) is 0 Å². The van der Waals surface area contributed by atoms with Crippen molar-refractivity contribution in [2.24, 2.45) is 0 Å². The minimum Gasteiger partial charge on any atom is -0.493 e. The molecule has 20 heavy (non-hydrogen) atoms. The van der Waals surface area contributed by atoms with Gasteiger partial charge >= 0.3 is 6.09 Å². The Kier molecular flexibility index (Phi) is 6.10. The van der Waals surface area contributed by atoms with E-state index in [4.69, 9.17) is 9.47 Å². The highest BCUT2D eigenvalue weighted by molar-refractivity contribution is 5.85. The van der Waals surface area contributed by atoms with E-state index in [9.17, 15) is 4.79 Å². The molecule has 1 rings (SSSR count). The first-order valence-corrected chi connectivity index (χ1v) is 6.80. The van der Waals surface area contributed by atoms with E-state index in [1.165, 1.54) is 0 Å². The van der Waals surface area contributed by atoms with Gasteiger partial charge in [-0.3, -0.25) is 5.32 Å². The number of hydrogen-bond acceptors (Lipinski definition) is 3. The van der Waals surface area contributed by atoms with Crippen molar-refractivity contribution < 1.29 is 14.3 Å². The Morgan fingerprint density at radius 1 is 1.40 bits per heavy atom. The number of benzene rings is 1. The predicted octanol–water partition coefficient (Wildman–Crippen LogP) is 4.22. The summed E-state index contributed by atoms with van der Waals surface area (Å²) in [6.45, 7) is 11.9. The van der Waals surface area contributed by atoms with Gasteiger partial charge < -0.3 is 9.47 Å². The SMILES string of the molecule is C=CCC(C)OC(=O)Nc1cc(C)c(OCC)c(C)c1. The summed E-state index contributed by atoms with van der Waals surface area (Å²) < 4.78 is 10.8. The van der Waals surface area contributed by atoms with Crippen LogP contribution in [-0.2, 0) is 4.74 Å². The highest BCUT2D eigenvalue weighted by Gasteiger charge is 2.11. The number of hydrogen-bond donors (Lipinski definition) is 1. The van der Waals surface area contributed by atoms with Crippen LogP contribution in [0.5, 0.6) is 5.75 Å². The Hall–Kier alpha value is -1.97. The lowest BCUT2D eigenvalue weighted by Crippen LogP contribution is -2.19. The van der Waals surface area contributed by atoms with E-state index in [-0.39, 0.29) is 6.10 Å². The highest BCUT2D eigenvalue weighted by Crippen LogP contribution is 2.27. The van der Waals surface area contributed by atoms with Gasteiger partial charge in [0.15, 0.2) is 0 Å². The molecule has 110 valence electrons. The number of nitrogens with one attached hydrogen (secondary N) is 1. The number of carbonyl (C=O) groups excluding carboxylic acids is 1. The van der Waals surface area contributed by atoms with Crippen LogP contribution in [0.2, 0.25) is 0 Å². The van der Waals surface area contributed by atoms with Gasteiger partial charge in [0.25, 0.3) is 0 Å². The van der Waals surface area contributed by atoms with Crippen LogP contribution >= 0.6 is 0 Å². The summed E-state index contributed by atoms with van der Waals surface area (Å²) in [6, 6.07) is 3.74. The van der Waals surface area contributed by atoms with Crippen LogP contribution in [-0.4, -0.2) is 18.8 Å². The van der Waals surface area contributed by atoms with Crippen LogP contribution < -0.4 is 10.1 Å². The smallest absolute Gasteiger partial charge is 0.411 e. The van der Waals surface area contributed by atoms with Gasteiger partial charge in [-0.1, -0.05) is 6.08 Å². The normalized spacial score (nSPS) is 11.6. The Morgan fingerprint density at radius 2 is 2.00 bits per heavy atom. The van der Waals surface area contributed by atoms with E-state index in [0.29, 0.717) is 18.7 Å². The van der Waals surface area contributed by atoms with E-state index < -0.39 is 6.09 Å². The Labute approximate surface area is 120 Å².